The zero-order valence-electron chi connectivity index (χ0n) is 12.3. The van der Waals surface area contributed by atoms with Crippen molar-refractivity contribution < 1.29 is 4.79 Å². The van der Waals surface area contributed by atoms with Crippen LogP contribution in [-0.2, 0) is 13.1 Å². The molecule has 3 aromatic rings. The standard InChI is InChI=1S/C17H17N3OS/c1-19(13-16-8-5-9-22-16)17(21)15-10-18-20(12-15)11-14-6-3-2-4-7-14/h2-10,12H,11,13H2,1H3. The number of hydrogen-bond acceptors (Lipinski definition) is 3. The molecule has 0 saturated carbocycles. The first-order valence-corrected chi connectivity index (χ1v) is 7.94. The predicted molar refractivity (Wildman–Crippen MR) is 87.9 cm³/mol. The second-order valence-corrected chi connectivity index (χ2v) is 6.19. The van der Waals surface area contributed by atoms with Gasteiger partial charge >= 0.3 is 0 Å². The van der Waals surface area contributed by atoms with E-state index in [4.69, 9.17) is 0 Å². The second kappa shape index (κ2) is 6.58. The zero-order chi connectivity index (χ0) is 15.4. The first kappa shape index (κ1) is 14.5. The third-order valence-electron chi connectivity index (χ3n) is 3.39. The fourth-order valence-corrected chi connectivity index (χ4v) is 3.02. The van der Waals surface area contributed by atoms with Crippen LogP contribution in [0.5, 0.6) is 0 Å². The average molecular weight is 311 g/mol. The quantitative estimate of drug-likeness (QED) is 0.725. The Hall–Kier alpha value is -2.40. The molecule has 0 atom stereocenters. The fraction of sp³-hybridized carbons (Fsp3) is 0.176. The van der Waals surface area contributed by atoms with Crippen LogP contribution in [-0.4, -0.2) is 27.6 Å². The number of rotatable bonds is 5. The number of hydrogen-bond donors (Lipinski definition) is 0. The highest BCUT2D eigenvalue weighted by Crippen LogP contribution is 2.13. The summed E-state index contributed by atoms with van der Waals surface area (Å²) in [6.07, 6.45) is 3.44. The molecule has 0 aliphatic rings. The van der Waals surface area contributed by atoms with Crippen LogP contribution in [0.1, 0.15) is 20.8 Å². The number of amides is 1. The summed E-state index contributed by atoms with van der Waals surface area (Å²) in [7, 11) is 1.82. The summed E-state index contributed by atoms with van der Waals surface area (Å²) < 4.78 is 1.79. The maximum atomic E-state index is 12.4. The minimum atomic E-state index is -0.00675. The molecular formula is C17H17N3OS. The summed E-state index contributed by atoms with van der Waals surface area (Å²) in [4.78, 5) is 15.3. The third-order valence-corrected chi connectivity index (χ3v) is 4.25. The molecule has 0 spiro atoms. The van der Waals surface area contributed by atoms with Crippen LogP contribution in [0.25, 0.3) is 0 Å². The maximum Gasteiger partial charge on any atom is 0.257 e. The van der Waals surface area contributed by atoms with Gasteiger partial charge in [0.15, 0.2) is 0 Å². The molecule has 0 aliphatic carbocycles. The maximum absolute atomic E-state index is 12.4. The Kier molecular flexibility index (Phi) is 4.34. The molecule has 0 aliphatic heterocycles. The van der Waals surface area contributed by atoms with Gasteiger partial charge in [-0.1, -0.05) is 36.4 Å². The van der Waals surface area contributed by atoms with E-state index in [2.05, 4.69) is 5.10 Å². The lowest BCUT2D eigenvalue weighted by Gasteiger charge is -2.14. The van der Waals surface area contributed by atoms with Gasteiger partial charge in [0.05, 0.1) is 24.8 Å². The molecule has 5 heteroatoms. The van der Waals surface area contributed by atoms with Crippen molar-refractivity contribution in [1.29, 1.82) is 0 Å². The molecule has 112 valence electrons. The third kappa shape index (κ3) is 3.43. The Bertz CT molecular complexity index is 734. The second-order valence-electron chi connectivity index (χ2n) is 5.15. The number of thiophene rings is 1. The molecule has 0 radical (unpaired) electrons. The average Bonchev–Trinajstić information content (AvgIpc) is 3.19. The Labute approximate surface area is 133 Å². The van der Waals surface area contributed by atoms with Gasteiger partial charge in [0, 0.05) is 18.1 Å². The topological polar surface area (TPSA) is 38.1 Å². The Morgan fingerprint density at radius 3 is 2.77 bits per heavy atom. The Morgan fingerprint density at radius 1 is 1.23 bits per heavy atom. The van der Waals surface area contributed by atoms with E-state index in [0.29, 0.717) is 18.7 Å². The van der Waals surface area contributed by atoms with Crippen LogP contribution in [0.4, 0.5) is 0 Å². The van der Waals surface area contributed by atoms with Crippen LogP contribution in [0.15, 0.2) is 60.2 Å². The molecule has 0 fully saturated rings. The summed E-state index contributed by atoms with van der Waals surface area (Å²) in [5.41, 5.74) is 1.78. The Balaban J connectivity index is 1.66. The summed E-state index contributed by atoms with van der Waals surface area (Å²) in [5, 5.41) is 6.30. The monoisotopic (exact) mass is 311 g/mol. The van der Waals surface area contributed by atoms with E-state index in [9.17, 15) is 4.79 Å². The first-order valence-electron chi connectivity index (χ1n) is 7.06. The number of aromatic nitrogens is 2. The molecule has 0 saturated heterocycles. The molecule has 0 N–H and O–H groups in total. The largest absolute Gasteiger partial charge is 0.336 e. The minimum absolute atomic E-state index is 0.00675. The summed E-state index contributed by atoms with van der Waals surface area (Å²) in [5.74, 6) is -0.00675. The van der Waals surface area contributed by atoms with Gasteiger partial charge < -0.3 is 4.90 Å². The molecule has 1 amide bonds. The van der Waals surface area contributed by atoms with Crippen LogP contribution in [0.2, 0.25) is 0 Å². The zero-order valence-corrected chi connectivity index (χ0v) is 13.2. The van der Waals surface area contributed by atoms with Gasteiger partial charge in [-0.05, 0) is 17.0 Å². The normalized spacial score (nSPS) is 10.6. The SMILES string of the molecule is CN(Cc1cccs1)C(=O)c1cnn(Cc2ccccc2)c1. The van der Waals surface area contributed by atoms with Crippen LogP contribution in [0.3, 0.4) is 0 Å². The van der Waals surface area contributed by atoms with Gasteiger partial charge in [-0.3, -0.25) is 9.48 Å². The molecule has 2 aromatic heterocycles. The summed E-state index contributed by atoms with van der Waals surface area (Å²) >= 11 is 1.66. The highest BCUT2D eigenvalue weighted by atomic mass is 32.1. The van der Waals surface area contributed by atoms with Crippen molar-refractivity contribution in [2.45, 2.75) is 13.1 Å². The van der Waals surface area contributed by atoms with Gasteiger partial charge in [-0.25, -0.2) is 0 Å². The molecule has 1 aromatic carbocycles. The van der Waals surface area contributed by atoms with Crippen molar-refractivity contribution in [3.63, 3.8) is 0 Å². The van der Waals surface area contributed by atoms with E-state index >= 15 is 0 Å². The molecule has 0 bridgehead atoms. The number of carbonyl (C=O) groups is 1. The predicted octanol–water partition coefficient (Wildman–Crippen LogP) is 3.27. The van der Waals surface area contributed by atoms with E-state index in [1.807, 2.05) is 54.9 Å². The van der Waals surface area contributed by atoms with E-state index in [1.54, 1.807) is 33.3 Å². The van der Waals surface area contributed by atoms with Crippen molar-refractivity contribution in [3.8, 4) is 0 Å². The minimum Gasteiger partial charge on any atom is -0.336 e. The fourth-order valence-electron chi connectivity index (χ4n) is 2.26. The van der Waals surface area contributed by atoms with Gasteiger partial charge in [0.2, 0.25) is 0 Å². The number of nitrogens with zero attached hydrogens (tertiary/aromatic N) is 3. The summed E-state index contributed by atoms with van der Waals surface area (Å²) in [6.45, 7) is 1.29. The molecule has 3 rings (SSSR count). The lowest BCUT2D eigenvalue weighted by atomic mass is 10.2. The Morgan fingerprint density at radius 2 is 2.05 bits per heavy atom. The number of benzene rings is 1. The van der Waals surface area contributed by atoms with E-state index < -0.39 is 0 Å². The van der Waals surface area contributed by atoms with Crippen LogP contribution >= 0.6 is 11.3 Å². The lowest BCUT2D eigenvalue weighted by Crippen LogP contribution is -2.25. The van der Waals surface area contributed by atoms with Crippen molar-refractivity contribution in [1.82, 2.24) is 14.7 Å². The van der Waals surface area contributed by atoms with E-state index in [-0.39, 0.29) is 5.91 Å². The highest BCUT2D eigenvalue weighted by molar-refractivity contribution is 7.09. The molecular weight excluding hydrogens is 294 g/mol. The number of carbonyl (C=O) groups excluding carboxylic acids is 1. The highest BCUT2D eigenvalue weighted by Gasteiger charge is 2.14. The van der Waals surface area contributed by atoms with E-state index in [1.165, 1.54) is 4.88 Å². The van der Waals surface area contributed by atoms with Gasteiger partial charge in [-0.2, -0.15) is 5.10 Å². The van der Waals surface area contributed by atoms with Crippen LogP contribution < -0.4 is 0 Å². The molecule has 2 heterocycles. The van der Waals surface area contributed by atoms with Crippen molar-refractivity contribution in [2.75, 3.05) is 7.05 Å². The lowest BCUT2D eigenvalue weighted by molar-refractivity contribution is 0.0786. The van der Waals surface area contributed by atoms with Gasteiger partial charge in [0.25, 0.3) is 5.91 Å². The van der Waals surface area contributed by atoms with Crippen LogP contribution in [0, 0.1) is 0 Å². The first-order chi connectivity index (χ1) is 10.7. The smallest absolute Gasteiger partial charge is 0.257 e. The molecule has 0 unspecified atom stereocenters. The van der Waals surface area contributed by atoms with E-state index in [0.717, 1.165) is 5.56 Å². The van der Waals surface area contributed by atoms with Crippen molar-refractivity contribution in [3.05, 3.63) is 76.2 Å². The molecule has 22 heavy (non-hydrogen) atoms. The molecule has 4 nitrogen and oxygen atoms in total. The van der Waals surface area contributed by atoms with Gasteiger partial charge in [-0.15, -0.1) is 11.3 Å². The van der Waals surface area contributed by atoms with Gasteiger partial charge in [0.1, 0.15) is 0 Å². The van der Waals surface area contributed by atoms with Crippen molar-refractivity contribution in [2.24, 2.45) is 0 Å². The summed E-state index contributed by atoms with van der Waals surface area (Å²) in [6, 6.07) is 14.1. The van der Waals surface area contributed by atoms with Crippen molar-refractivity contribution >= 4 is 17.2 Å².